The summed E-state index contributed by atoms with van der Waals surface area (Å²) >= 11 is 1.62. The van der Waals surface area contributed by atoms with Crippen LogP contribution in [0.25, 0.3) is 0 Å². The Morgan fingerprint density at radius 3 is 2.95 bits per heavy atom. The SMILES string of the molecule is CCc1cnc(CNC(=O)Nc2cccc(C(C)N)c2)s1. The van der Waals surface area contributed by atoms with Crippen molar-refractivity contribution in [1.29, 1.82) is 0 Å². The smallest absolute Gasteiger partial charge is 0.319 e. The summed E-state index contributed by atoms with van der Waals surface area (Å²) in [5, 5.41) is 6.51. The molecule has 112 valence electrons. The van der Waals surface area contributed by atoms with Crippen molar-refractivity contribution < 1.29 is 4.79 Å². The Labute approximate surface area is 128 Å². The number of anilines is 1. The maximum atomic E-state index is 11.9. The van der Waals surface area contributed by atoms with Crippen LogP contribution in [0.15, 0.2) is 30.5 Å². The molecule has 1 heterocycles. The van der Waals surface area contributed by atoms with Gasteiger partial charge in [0.25, 0.3) is 0 Å². The lowest BCUT2D eigenvalue weighted by Crippen LogP contribution is -2.28. The zero-order valence-electron chi connectivity index (χ0n) is 12.2. The van der Waals surface area contributed by atoms with Crippen LogP contribution in [0.4, 0.5) is 10.5 Å². The minimum absolute atomic E-state index is 0.0578. The summed E-state index contributed by atoms with van der Waals surface area (Å²) in [4.78, 5) is 17.3. The van der Waals surface area contributed by atoms with Gasteiger partial charge in [0.1, 0.15) is 5.01 Å². The first-order valence-electron chi connectivity index (χ1n) is 6.92. The van der Waals surface area contributed by atoms with E-state index in [-0.39, 0.29) is 12.1 Å². The summed E-state index contributed by atoms with van der Waals surface area (Å²) in [7, 11) is 0. The van der Waals surface area contributed by atoms with Gasteiger partial charge >= 0.3 is 6.03 Å². The van der Waals surface area contributed by atoms with Gasteiger partial charge in [-0.25, -0.2) is 9.78 Å². The first-order valence-corrected chi connectivity index (χ1v) is 7.74. The number of hydrogen-bond acceptors (Lipinski definition) is 4. The lowest BCUT2D eigenvalue weighted by molar-refractivity contribution is 0.251. The van der Waals surface area contributed by atoms with Gasteiger partial charge in [0.05, 0.1) is 6.54 Å². The van der Waals surface area contributed by atoms with Crippen LogP contribution in [0.2, 0.25) is 0 Å². The molecule has 0 fully saturated rings. The second kappa shape index (κ2) is 7.19. The Balaban J connectivity index is 1.88. The molecule has 1 aromatic carbocycles. The summed E-state index contributed by atoms with van der Waals surface area (Å²) in [6, 6.07) is 7.23. The number of hydrogen-bond donors (Lipinski definition) is 3. The Bertz CT molecular complexity index is 609. The molecular weight excluding hydrogens is 284 g/mol. The molecule has 6 heteroatoms. The van der Waals surface area contributed by atoms with Crippen molar-refractivity contribution in [3.8, 4) is 0 Å². The highest BCUT2D eigenvalue weighted by Crippen LogP contribution is 2.16. The maximum absolute atomic E-state index is 11.9. The molecule has 2 rings (SSSR count). The zero-order valence-corrected chi connectivity index (χ0v) is 13.0. The first-order chi connectivity index (χ1) is 10.1. The first kappa shape index (κ1) is 15.5. The van der Waals surface area contributed by atoms with Crippen LogP contribution in [0, 0.1) is 0 Å². The minimum atomic E-state index is -0.245. The van der Waals surface area contributed by atoms with E-state index >= 15 is 0 Å². The van der Waals surface area contributed by atoms with Crippen LogP contribution in [-0.2, 0) is 13.0 Å². The average Bonchev–Trinajstić information content (AvgIpc) is 2.93. The lowest BCUT2D eigenvalue weighted by Gasteiger charge is -2.10. The standard InChI is InChI=1S/C15H20N4OS/c1-3-13-8-17-14(21-13)9-18-15(20)19-12-6-4-5-11(7-12)10(2)16/h4-8,10H,3,9,16H2,1-2H3,(H2,18,19,20). The fraction of sp³-hybridized carbons (Fsp3) is 0.333. The number of amides is 2. The number of aryl methyl sites for hydroxylation is 1. The molecule has 4 N–H and O–H groups in total. The normalized spacial score (nSPS) is 12.0. The molecule has 1 unspecified atom stereocenters. The largest absolute Gasteiger partial charge is 0.331 e. The summed E-state index contributed by atoms with van der Waals surface area (Å²) in [6.07, 6.45) is 2.82. The third kappa shape index (κ3) is 4.54. The van der Waals surface area contributed by atoms with Crippen LogP contribution < -0.4 is 16.4 Å². The van der Waals surface area contributed by atoms with Crippen molar-refractivity contribution in [2.24, 2.45) is 5.73 Å². The van der Waals surface area contributed by atoms with Crippen LogP contribution in [0.1, 0.15) is 35.3 Å². The fourth-order valence-corrected chi connectivity index (χ4v) is 2.63. The number of carbonyl (C=O) groups is 1. The van der Waals surface area contributed by atoms with Gasteiger partial charge in [0.2, 0.25) is 0 Å². The van der Waals surface area contributed by atoms with E-state index in [0.29, 0.717) is 6.54 Å². The van der Waals surface area contributed by atoms with E-state index in [2.05, 4.69) is 22.5 Å². The second-order valence-corrected chi connectivity index (χ2v) is 6.00. The van der Waals surface area contributed by atoms with Crippen molar-refractivity contribution in [3.63, 3.8) is 0 Å². The summed E-state index contributed by atoms with van der Waals surface area (Å²) < 4.78 is 0. The third-order valence-corrected chi connectivity index (χ3v) is 4.16. The van der Waals surface area contributed by atoms with Gasteiger partial charge in [-0.15, -0.1) is 11.3 Å². The van der Waals surface area contributed by atoms with Gasteiger partial charge in [0, 0.05) is 22.8 Å². The number of carbonyl (C=O) groups excluding carboxylic acids is 1. The minimum Gasteiger partial charge on any atom is -0.331 e. The van der Waals surface area contributed by atoms with Gasteiger partial charge in [0.15, 0.2) is 0 Å². The number of benzene rings is 1. The van der Waals surface area contributed by atoms with Crippen LogP contribution in [0.3, 0.4) is 0 Å². The van der Waals surface area contributed by atoms with Gasteiger partial charge < -0.3 is 16.4 Å². The van der Waals surface area contributed by atoms with E-state index in [1.807, 2.05) is 37.4 Å². The van der Waals surface area contributed by atoms with E-state index in [1.54, 1.807) is 11.3 Å². The molecule has 1 aromatic heterocycles. The Morgan fingerprint density at radius 2 is 2.29 bits per heavy atom. The molecule has 0 spiro atoms. The van der Waals surface area contributed by atoms with Crippen molar-refractivity contribution in [3.05, 3.63) is 45.9 Å². The second-order valence-electron chi connectivity index (χ2n) is 4.80. The van der Waals surface area contributed by atoms with Gasteiger partial charge in [-0.2, -0.15) is 0 Å². The molecule has 2 amide bonds. The molecule has 0 aliphatic carbocycles. The maximum Gasteiger partial charge on any atom is 0.319 e. The molecule has 21 heavy (non-hydrogen) atoms. The number of nitrogens with one attached hydrogen (secondary N) is 2. The number of nitrogens with zero attached hydrogens (tertiary/aromatic N) is 1. The number of rotatable bonds is 5. The van der Waals surface area contributed by atoms with E-state index < -0.39 is 0 Å². The molecule has 0 bridgehead atoms. The molecule has 0 radical (unpaired) electrons. The quantitative estimate of drug-likeness (QED) is 0.794. The summed E-state index contributed by atoms with van der Waals surface area (Å²) in [5.41, 5.74) is 7.55. The van der Waals surface area contributed by atoms with Crippen molar-refractivity contribution in [1.82, 2.24) is 10.3 Å². The molecule has 0 aliphatic rings. The van der Waals surface area contributed by atoms with Crippen molar-refractivity contribution in [2.45, 2.75) is 32.9 Å². The van der Waals surface area contributed by atoms with Crippen LogP contribution in [0.5, 0.6) is 0 Å². The monoisotopic (exact) mass is 304 g/mol. The van der Waals surface area contributed by atoms with E-state index in [0.717, 1.165) is 22.7 Å². The predicted octanol–water partition coefficient (Wildman–Crippen LogP) is 3.05. The van der Waals surface area contributed by atoms with Crippen LogP contribution in [-0.4, -0.2) is 11.0 Å². The van der Waals surface area contributed by atoms with Gasteiger partial charge in [-0.05, 0) is 31.0 Å². The van der Waals surface area contributed by atoms with E-state index in [4.69, 9.17) is 5.73 Å². The van der Waals surface area contributed by atoms with Crippen molar-refractivity contribution >= 4 is 23.1 Å². The van der Waals surface area contributed by atoms with E-state index in [9.17, 15) is 4.79 Å². The number of nitrogens with two attached hydrogens (primary N) is 1. The fourth-order valence-electron chi connectivity index (χ4n) is 1.82. The lowest BCUT2D eigenvalue weighted by atomic mass is 10.1. The van der Waals surface area contributed by atoms with Crippen molar-refractivity contribution in [2.75, 3.05) is 5.32 Å². The highest BCUT2D eigenvalue weighted by molar-refractivity contribution is 7.11. The molecule has 0 saturated carbocycles. The Kier molecular flexibility index (Phi) is 5.30. The van der Waals surface area contributed by atoms with Crippen LogP contribution >= 0.6 is 11.3 Å². The molecule has 5 nitrogen and oxygen atoms in total. The van der Waals surface area contributed by atoms with Gasteiger partial charge in [-0.3, -0.25) is 0 Å². The predicted molar refractivity (Wildman–Crippen MR) is 86.4 cm³/mol. The highest BCUT2D eigenvalue weighted by Gasteiger charge is 2.06. The molecule has 0 saturated heterocycles. The highest BCUT2D eigenvalue weighted by atomic mass is 32.1. The van der Waals surface area contributed by atoms with E-state index in [1.165, 1.54) is 4.88 Å². The molecule has 2 aromatic rings. The number of urea groups is 1. The molecule has 1 atom stereocenters. The Hall–Kier alpha value is -1.92. The zero-order chi connectivity index (χ0) is 15.2. The van der Waals surface area contributed by atoms with Gasteiger partial charge in [-0.1, -0.05) is 19.1 Å². The molecule has 0 aliphatic heterocycles. The summed E-state index contributed by atoms with van der Waals surface area (Å²) in [5.74, 6) is 0. The number of thiazole rings is 1. The summed E-state index contributed by atoms with van der Waals surface area (Å²) in [6.45, 7) is 4.43. The third-order valence-electron chi connectivity index (χ3n) is 3.02. The molecular formula is C15H20N4OS. The Morgan fingerprint density at radius 1 is 1.48 bits per heavy atom. The number of aromatic nitrogens is 1. The average molecular weight is 304 g/mol. The topological polar surface area (TPSA) is 80.0 Å².